The molecule has 1 saturated heterocycles. The molecule has 1 unspecified atom stereocenters. The first kappa shape index (κ1) is 26.0. The SMILES string of the molecule is C=CC(=O)Nc1ccc(C(O)N2CCC[C@@H](Nc3ncc(SCc4ncc(C(C)(C)C)o4)o3)C2)cc1. The van der Waals surface area contributed by atoms with Gasteiger partial charge < -0.3 is 24.6 Å². The number of carbonyl (C=O) groups excluding carboxylic acids is 1. The summed E-state index contributed by atoms with van der Waals surface area (Å²) in [5.41, 5.74) is 1.35. The summed E-state index contributed by atoms with van der Waals surface area (Å²) in [7, 11) is 0. The number of hydrogen-bond acceptors (Lipinski definition) is 9. The molecule has 4 rings (SSSR count). The third-order valence-corrected chi connectivity index (χ3v) is 6.77. The number of hydrogen-bond donors (Lipinski definition) is 3. The van der Waals surface area contributed by atoms with Gasteiger partial charge in [0.15, 0.2) is 5.09 Å². The largest absolute Gasteiger partial charge is 0.444 e. The maximum atomic E-state index is 11.5. The molecule has 2 atom stereocenters. The van der Waals surface area contributed by atoms with Crippen molar-refractivity contribution in [2.75, 3.05) is 23.7 Å². The van der Waals surface area contributed by atoms with Crippen LogP contribution in [0.1, 0.15) is 57.1 Å². The number of aromatic nitrogens is 2. The number of rotatable bonds is 9. The van der Waals surface area contributed by atoms with Crippen LogP contribution in [0.3, 0.4) is 0 Å². The van der Waals surface area contributed by atoms with E-state index in [0.29, 0.717) is 35.0 Å². The van der Waals surface area contributed by atoms with Gasteiger partial charge in [0, 0.05) is 30.2 Å². The van der Waals surface area contributed by atoms with Gasteiger partial charge in [-0.2, -0.15) is 0 Å². The molecule has 9 nitrogen and oxygen atoms in total. The summed E-state index contributed by atoms with van der Waals surface area (Å²) in [5, 5.41) is 17.7. The predicted molar refractivity (Wildman–Crippen MR) is 140 cm³/mol. The summed E-state index contributed by atoms with van der Waals surface area (Å²) in [5.74, 6) is 1.81. The summed E-state index contributed by atoms with van der Waals surface area (Å²) < 4.78 is 11.7. The molecule has 1 aliphatic rings. The van der Waals surface area contributed by atoms with E-state index in [1.165, 1.54) is 17.8 Å². The van der Waals surface area contributed by atoms with E-state index in [-0.39, 0.29) is 17.4 Å². The fourth-order valence-electron chi connectivity index (χ4n) is 3.91. The van der Waals surface area contributed by atoms with Gasteiger partial charge in [0.25, 0.3) is 6.01 Å². The van der Waals surface area contributed by atoms with E-state index in [4.69, 9.17) is 8.83 Å². The maximum absolute atomic E-state index is 11.5. The van der Waals surface area contributed by atoms with Gasteiger partial charge in [0.1, 0.15) is 12.0 Å². The summed E-state index contributed by atoms with van der Waals surface area (Å²) >= 11 is 1.48. The molecule has 0 aliphatic carbocycles. The lowest BCUT2D eigenvalue weighted by molar-refractivity contribution is -0.111. The molecule has 0 radical (unpaired) electrons. The highest BCUT2D eigenvalue weighted by Gasteiger charge is 2.26. The van der Waals surface area contributed by atoms with Gasteiger partial charge in [0.2, 0.25) is 11.8 Å². The molecule has 36 heavy (non-hydrogen) atoms. The van der Waals surface area contributed by atoms with Crippen molar-refractivity contribution in [2.45, 2.75) is 62.1 Å². The van der Waals surface area contributed by atoms with E-state index < -0.39 is 6.23 Å². The van der Waals surface area contributed by atoms with Gasteiger partial charge in [-0.05, 0) is 36.6 Å². The quantitative estimate of drug-likeness (QED) is 0.271. The van der Waals surface area contributed by atoms with Crippen LogP contribution in [0.4, 0.5) is 11.7 Å². The van der Waals surface area contributed by atoms with Crippen LogP contribution in [-0.4, -0.2) is 45.0 Å². The molecule has 1 amide bonds. The zero-order valence-electron chi connectivity index (χ0n) is 20.9. The number of nitrogens with zero attached hydrogens (tertiary/aromatic N) is 3. The van der Waals surface area contributed by atoms with Crippen LogP contribution in [0.25, 0.3) is 0 Å². The molecular weight excluding hydrogens is 478 g/mol. The molecule has 0 spiro atoms. The maximum Gasteiger partial charge on any atom is 0.295 e. The van der Waals surface area contributed by atoms with Crippen molar-refractivity contribution in [1.82, 2.24) is 14.9 Å². The lowest BCUT2D eigenvalue weighted by Gasteiger charge is -2.36. The number of benzene rings is 1. The Kier molecular flexibility index (Phi) is 8.17. The second-order valence-electron chi connectivity index (χ2n) is 9.81. The number of nitrogens with one attached hydrogen (secondary N) is 2. The number of thioether (sulfide) groups is 1. The molecule has 2 aromatic heterocycles. The molecule has 1 fully saturated rings. The molecule has 10 heteroatoms. The molecule has 0 bridgehead atoms. The van der Waals surface area contributed by atoms with Crippen LogP contribution in [0.15, 0.2) is 63.2 Å². The summed E-state index contributed by atoms with van der Waals surface area (Å²) in [6, 6.07) is 7.73. The normalized spacial score (nSPS) is 17.5. The van der Waals surface area contributed by atoms with Gasteiger partial charge in [-0.25, -0.2) is 9.97 Å². The molecule has 3 aromatic rings. The Bertz CT molecular complexity index is 1170. The molecular formula is C26H33N5O4S. The Morgan fingerprint density at radius 3 is 2.75 bits per heavy atom. The van der Waals surface area contributed by atoms with Crippen molar-refractivity contribution in [3.63, 3.8) is 0 Å². The number of oxazole rings is 2. The van der Waals surface area contributed by atoms with Crippen LogP contribution in [0, 0.1) is 0 Å². The Morgan fingerprint density at radius 2 is 2.06 bits per heavy atom. The average molecular weight is 512 g/mol. The van der Waals surface area contributed by atoms with Crippen LogP contribution >= 0.6 is 11.8 Å². The molecule has 1 aromatic carbocycles. The molecule has 3 heterocycles. The van der Waals surface area contributed by atoms with E-state index in [1.807, 2.05) is 17.0 Å². The predicted octanol–water partition coefficient (Wildman–Crippen LogP) is 4.94. The first-order valence-corrected chi connectivity index (χ1v) is 13.0. The Morgan fingerprint density at radius 1 is 1.28 bits per heavy atom. The first-order valence-electron chi connectivity index (χ1n) is 12.0. The van der Waals surface area contributed by atoms with Crippen molar-refractivity contribution in [1.29, 1.82) is 0 Å². The third kappa shape index (κ3) is 6.77. The number of likely N-dealkylation sites (tertiary alicyclic amines) is 1. The highest BCUT2D eigenvalue weighted by Crippen LogP contribution is 2.29. The number of piperidine rings is 1. The summed E-state index contributed by atoms with van der Waals surface area (Å²) in [6.07, 6.45) is 5.84. The number of aliphatic hydroxyl groups excluding tert-OH is 1. The van der Waals surface area contributed by atoms with E-state index in [1.54, 1.807) is 24.5 Å². The zero-order chi connectivity index (χ0) is 25.7. The smallest absolute Gasteiger partial charge is 0.295 e. The Hall–Kier alpha value is -3.08. The summed E-state index contributed by atoms with van der Waals surface area (Å²) in [4.78, 5) is 22.2. The standard InChI is InChI=1S/C26H33N5O4S/c1-5-21(32)29-18-10-8-17(9-11-18)24(33)31-12-6-7-19(15-31)30-25-28-14-23(35-25)36-16-22-27-13-20(34-22)26(2,3)4/h5,8-11,13-14,19,24,33H,1,6-7,12,15-16H2,2-4H3,(H,28,30)(H,29,32)/t19-,24?/m1/s1. The highest BCUT2D eigenvalue weighted by atomic mass is 32.2. The van der Waals surface area contributed by atoms with Crippen molar-refractivity contribution in [3.8, 4) is 0 Å². The number of amides is 1. The first-order chi connectivity index (χ1) is 17.2. The van der Waals surface area contributed by atoms with Crippen LogP contribution in [-0.2, 0) is 16.0 Å². The third-order valence-electron chi connectivity index (χ3n) is 5.90. The van der Waals surface area contributed by atoms with Gasteiger partial charge in [-0.3, -0.25) is 9.69 Å². The van der Waals surface area contributed by atoms with Crippen molar-refractivity contribution in [2.24, 2.45) is 0 Å². The highest BCUT2D eigenvalue weighted by molar-refractivity contribution is 7.98. The number of anilines is 2. The fraction of sp³-hybridized carbons (Fsp3) is 0.423. The average Bonchev–Trinajstić information content (AvgIpc) is 3.52. The minimum absolute atomic E-state index is 0.0762. The van der Waals surface area contributed by atoms with E-state index >= 15 is 0 Å². The second kappa shape index (κ2) is 11.3. The van der Waals surface area contributed by atoms with Gasteiger partial charge in [-0.1, -0.05) is 51.2 Å². The monoisotopic (exact) mass is 511 g/mol. The van der Waals surface area contributed by atoms with Crippen LogP contribution < -0.4 is 10.6 Å². The minimum atomic E-state index is -0.742. The molecule has 0 saturated carbocycles. The van der Waals surface area contributed by atoms with Crippen molar-refractivity contribution >= 4 is 29.4 Å². The van der Waals surface area contributed by atoms with Crippen LogP contribution in [0.5, 0.6) is 0 Å². The number of aliphatic hydroxyl groups is 1. The van der Waals surface area contributed by atoms with E-state index in [0.717, 1.165) is 30.7 Å². The lowest BCUT2D eigenvalue weighted by atomic mass is 9.94. The van der Waals surface area contributed by atoms with Gasteiger partial charge in [0.05, 0.1) is 18.1 Å². The second-order valence-corrected chi connectivity index (χ2v) is 10.8. The summed E-state index contributed by atoms with van der Waals surface area (Å²) in [6.45, 7) is 11.1. The van der Waals surface area contributed by atoms with E-state index in [2.05, 4.69) is 48.0 Å². The van der Waals surface area contributed by atoms with E-state index in [9.17, 15) is 9.90 Å². The molecule has 1 aliphatic heterocycles. The Labute approximate surface area is 215 Å². The van der Waals surface area contributed by atoms with Crippen LogP contribution in [0.2, 0.25) is 0 Å². The van der Waals surface area contributed by atoms with Crippen molar-refractivity contribution < 1.29 is 18.7 Å². The molecule has 192 valence electrons. The Balaban J connectivity index is 1.28. The fourth-order valence-corrected chi connectivity index (χ4v) is 4.58. The minimum Gasteiger partial charge on any atom is -0.444 e. The number of carbonyl (C=O) groups is 1. The van der Waals surface area contributed by atoms with Crippen molar-refractivity contribution in [3.05, 3.63) is 66.5 Å². The van der Waals surface area contributed by atoms with Gasteiger partial charge >= 0.3 is 0 Å². The lowest BCUT2D eigenvalue weighted by Crippen LogP contribution is -2.43. The topological polar surface area (TPSA) is 117 Å². The molecule has 3 N–H and O–H groups in total. The van der Waals surface area contributed by atoms with Gasteiger partial charge in [-0.15, -0.1) is 0 Å². The zero-order valence-corrected chi connectivity index (χ0v) is 21.7.